The molecule has 0 fully saturated rings. The fraction of sp³-hybridized carbons (Fsp3) is 0.395. The molecule has 1 atom stereocenters. The number of sulfonamides is 1. The first-order valence-corrected chi connectivity index (χ1v) is 20.7. The van der Waals surface area contributed by atoms with Gasteiger partial charge in [0.1, 0.15) is 23.2 Å². The molecule has 2 amide bonds. The molecule has 0 aliphatic rings. The molecule has 4 aromatic rings. The zero-order chi connectivity index (χ0) is 43.2. The molecular weight excluding hydrogens is 836 g/mol. The van der Waals surface area contributed by atoms with Crippen LogP contribution in [0.25, 0.3) is 5.69 Å². The van der Waals surface area contributed by atoms with Gasteiger partial charge in [0.25, 0.3) is 10.0 Å². The van der Waals surface area contributed by atoms with Gasteiger partial charge in [0.15, 0.2) is 5.16 Å². The van der Waals surface area contributed by atoms with Crippen LogP contribution >= 0.6 is 23.4 Å². The average molecular weight is 879 g/mol. The van der Waals surface area contributed by atoms with Crippen molar-refractivity contribution in [3.05, 3.63) is 100 Å². The molecule has 0 saturated heterocycles. The number of carbonyl (C=O) groups is 2. The summed E-state index contributed by atoms with van der Waals surface area (Å²) >= 11 is 7.18. The Hall–Kier alpha value is -4.46. The molecule has 58 heavy (non-hydrogen) atoms. The number of hydrogen-bond acceptors (Lipinski definition) is 8. The number of carbonyl (C=O) groups excluding carboxylic acids is 2. The quantitative estimate of drug-likeness (QED) is 0.0357. The number of benzene rings is 3. The van der Waals surface area contributed by atoms with E-state index in [2.05, 4.69) is 10.3 Å². The minimum Gasteiger partial charge on any atom is -0.495 e. The van der Waals surface area contributed by atoms with Crippen molar-refractivity contribution in [1.29, 1.82) is 0 Å². The van der Waals surface area contributed by atoms with Crippen LogP contribution in [0, 0.1) is 17.5 Å². The molecule has 0 bridgehead atoms. The van der Waals surface area contributed by atoms with E-state index in [0.29, 0.717) is 34.3 Å². The number of hydrogen-bond donors (Lipinski definition) is 2. The summed E-state index contributed by atoms with van der Waals surface area (Å²) < 4.78 is 124. The van der Waals surface area contributed by atoms with E-state index >= 15 is 8.78 Å². The van der Waals surface area contributed by atoms with Crippen LogP contribution < -0.4 is 14.8 Å². The predicted octanol–water partition coefficient (Wildman–Crippen LogP) is 8.26. The van der Waals surface area contributed by atoms with E-state index < -0.39 is 74.3 Å². The van der Waals surface area contributed by atoms with Crippen LogP contribution in [0.5, 0.6) is 5.75 Å². The number of amides is 2. The van der Waals surface area contributed by atoms with E-state index in [0.717, 1.165) is 17.3 Å². The molecule has 316 valence electrons. The van der Waals surface area contributed by atoms with E-state index in [1.54, 1.807) is 48.4 Å². The first kappa shape index (κ1) is 46.2. The Kier molecular flexibility index (Phi) is 14.9. The number of nitrogens with one attached hydrogen (secondary N) is 2. The minimum absolute atomic E-state index is 0.0705. The number of esters is 1. The van der Waals surface area contributed by atoms with Gasteiger partial charge in [0, 0.05) is 29.0 Å². The Morgan fingerprint density at radius 3 is 2.12 bits per heavy atom. The van der Waals surface area contributed by atoms with E-state index in [4.69, 9.17) is 21.1 Å². The lowest BCUT2D eigenvalue weighted by Crippen LogP contribution is -2.58. The number of urea groups is 1. The van der Waals surface area contributed by atoms with Crippen molar-refractivity contribution in [2.45, 2.75) is 74.7 Å². The van der Waals surface area contributed by atoms with Crippen molar-refractivity contribution in [3.8, 4) is 11.4 Å². The van der Waals surface area contributed by atoms with E-state index in [9.17, 15) is 35.6 Å². The minimum atomic E-state index is -5.26. The Morgan fingerprint density at radius 1 is 0.966 bits per heavy atom. The summed E-state index contributed by atoms with van der Waals surface area (Å²) in [5.74, 6) is -5.33. The Morgan fingerprint density at radius 2 is 1.57 bits per heavy atom. The van der Waals surface area contributed by atoms with Crippen molar-refractivity contribution in [3.63, 3.8) is 0 Å². The van der Waals surface area contributed by atoms with Gasteiger partial charge >= 0.3 is 18.2 Å². The third kappa shape index (κ3) is 10.4. The highest BCUT2D eigenvalue weighted by molar-refractivity contribution is 7.98. The second-order valence-electron chi connectivity index (χ2n) is 13.5. The maximum atomic E-state index is 15.5. The second kappa shape index (κ2) is 18.6. The number of methoxy groups -OCH3 is 1. The van der Waals surface area contributed by atoms with Gasteiger partial charge in [-0.15, -0.1) is 0 Å². The molecule has 1 aromatic heterocycles. The highest BCUT2D eigenvalue weighted by Gasteiger charge is 2.46. The Balaban J connectivity index is 1.53. The van der Waals surface area contributed by atoms with Crippen LogP contribution in [0.4, 0.5) is 31.1 Å². The van der Waals surface area contributed by atoms with Crippen LogP contribution in [0.1, 0.15) is 57.9 Å². The number of thioether (sulfide) groups is 1. The van der Waals surface area contributed by atoms with Crippen molar-refractivity contribution < 1.29 is 58.3 Å². The number of quaternary nitrogens is 1. The molecule has 20 heteroatoms. The van der Waals surface area contributed by atoms with Gasteiger partial charge in [-0.3, -0.25) is 9.05 Å². The molecular formula is C38H43ClF6N5O6S2+. The van der Waals surface area contributed by atoms with E-state index in [1.165, 1.54) is 31.4 Å². The van der Waals surface area contributed by atoms with Gasteiger partial charge in [-0.25, -0.2) is 40.9 Å². The van der Waals surface area contributed by atoms with Crippen molar-refractivity contribution in [1.82, 2.24) is 19.6 Å². The molecule has 3 aromatic carbocycles. The molecule has 0 aliphatic heterocycles. The van der Waals surface area contributed by atoms with Crippen molar-refractivity contribution in [2.24, 2.45) is 0 Å². The van der Waals surface area contributed by atoms with Gasteiger partial charge in [0.2, 0.25) is 6.23 Å². The summed E-state index contributed by atoms with van der Waals surface area (Å²) in [7, 11) is -3.38. The molecule has 0 saturated carbocycles. The van der Waals surface area contributed by atoms with Crippen LogP contribution in [-0.4, -0.2) is 80.1 Å². The lowest BCUT2D eigenvalue weighted by Gasteiger charge is -2.41. The number of ether oxygens (including phenoxy) is 2. The summed E-state index contributed by atoms with van der Waals surface area (Å²) in [6, 6.07) is 10.5. The van der Waals surface area contributed by atoms with Gasteiger partial charge in [0.05, 0.1) is 55.0 Å². The standard InChI is InChI=1S/C38H42ClF6N5O6S2/c1-7-50(8-2,9-3)33(56-34(51)38(43,44)45)16-17-46-35(52)48-58(53,54)26-19-29(41)27(30(42)20-26)22-57-36-47-21-32(49(36)25-13-11-24(40)12-14-25)37(4,5)23-10-15-28(39)31(18-23)55-6/h10-15,18-21,33H,7-9,16-17,22H2,1-6H3,(H-,46,48,52)/p+1. The molecule has 4 rings (SSSR count). The maximum absolute atomic E-state index is 15.5. The third-order valence-corrected chi connectivity index (χ3v) is 12.6. The molecule has 1 heterocycles. The van der Waals surface area contributed by atoms with Gasteiger partial charge in [-0.2, -0.15) is 13.2 Å². The SMILES string of the molecule is CC[N+](CC)(CC)C(CCNC(=O)NS(=O)(=O)c1cc(F)c(CSc2ncc(C(C)(C)c3ccc(Cl)c(OC)c3)n2-c2ccc(F)cc2)c(F)c1)OC(=O)C(F)(F)F. The molecule has 0 radical (unpaired) electrons. The number of alkyl halides is 3. The molecule has 11 nitrogen and oxygen atoms in total. The van der Waals surface area contributed by atoms with Crippen molar-refractivity contribution in [2.75, 3.05) is 33.3 Å². The third-order valence-electron chi connectivity index (χ3n) is 9.98. The van der Waals surface area contributed by atoms with Crippen molar-refractivity contribution >= 4 is 45.4 Å². The number of imidazole rings is 1. The summed E-state index contributed by atoms with van der Waals surface area (Å²) in [6.07, 6.45) is -5.33. The van der Waals surface area contributed by atoms with Crippen LogP contribution in [0.2, 0.25) is 5.02 Å². The number of halogens is 7. The largest absolute Gasteiger partial charge is 0.495 e. The second-order valence-corrected chi connectivity index (χ2v) is 16.6. The van der Waals surface area contributed by atoms with Crippen LogP contribution in [-0.2, 0) is 30.7 Å². The number of rotatable bonds is 17. The summed E-state index contributed by atoms with van der Waals surface area (Å²) in [4.78, 5) is 27.9. The molecule has 0 aliphatic carbocycles. The fourth-order valence-corrected chi connectivity index (χ4v) is 8.52. The van der Waals surface area contributed by atoms with Gasteiger partial charge in [-0.05, 0) is 74.9 Å². The average Bonchev–Trinajstić information content (AvgIpc) is 3.59. The highest BCUT2D eigenvalue weighted by Crippen LogP contribution is 2.39. The first-order valence-electron chi connectivity index (χ1n) is 17.9. The summed E-state index contributed by atoms with van der Waals surface area (Å²) in [5.41, 5.74) is 0.625. The fourth-order valence-electron chi connectivity index (χ4n) is 6.37. The summed E-state index contributed by atoms with van der Waals surface area (Å²) in [5, 5.41) is 2.85. The van der Waals surface area contributed by atoms with Gasteiger partial charge in [-0.1, -0.05) is 43.3 Å². The lowest BCUT2D eigenvalue weighted by atomic mass is 9.81. The zero-order valence-corrected chi connectivity index (χ0v) is 34.7. The summed E-state index contributed by atoms with van der Waals surface area (Å²) in [6.45, 7) is 9.33. The number of nitrogens with zero attached hydrogens (tertiary/aromatic N) is 3. The topological polar surface area (TPSA) is 129 Å². The normalized spacial score (nSPS) is 12.9. The number of aromatic nitrogens is 2. The predicted molar refractivity (Wildman–Crippen MR) is 206 cm³/mol. The first-order chi connectivity index (χ1) is 27.1. The smallest absolute Gasteiger partial charge is 0.491 e. The van der Waals surface area contributed by atoms with E-state index in [1.807, 2.05) is 19.9 Å². The Labute approximate surface area is 341 Å². The molecule has 1 unspecified atom stereocenters. The van der Waals surface area contributed by atoms with Crippen LogP contribution in [0.3, 0.4) is 0 Å². The zero-order valence-electron chi connectivity index (χ0n) is 32.3. The monoisotopic (exact) mass is 878 g/mol. The molecule has 2 N–H and O–H groups in total. The van der Waals surface area contributed by atoms with E-state index in [-0.39, 0.29) is 41.4 Å². The maximum Gasteiger partial charge on any atom is 0.491 e. The molecule has 0 spiro atoms. The lowest BCUT2D eigenvalue weighted by molar-refractivity contribution is -0.965. The van der Waals surface area contributed by atoms with Gasteiger partial charge < -0.3 is 14.8 Å². The van der Waals surface area contributed by atoms with Crippen LogP contribution in [0.15, 0.2) is 70.8 Å². The highest BCUT2D eigenvalue weighted by atomic mass is 35.5. The Bertz CT molecular complexity index is 2190.